The zero-order valence-corrected chi connectivity index (χ0v) is 12.0. The van der Waals surface area contributed by atoms with Crippen molar-refractivity contribution in [3.05, 3.63) is 35.9 Å². The van der Waals surface area contributed by atoms with Crippen LogP contribution in [0.5, 0.6) is 0 Å². The topological polar surface area (TPSA) is 48.7 Å². The Labute approximate surface area is 119 Å². The van der Waals surface area contributed by atoms with Gasteiger partial charge < -0.3 is 5.32 Å². The number of nitriles is 1. The molecule has 0 bridgehead atoms. The molecule has 1 saturated carbocycles. The molecule has 1 fully saturated rings. The van der Waals surface area contributed by atoms with Crippen LogP contribution in [-0.2, 0) is 0 Å². The molecule has 1 N–H and O–H groups in total. The Morgan fingerprint density at radius 2 is 2.15 bits per heavy atom. The molecule has 1 aromatic heterocycles. The lowest BCUT2D eigenvalue weighted by Crippen LogP contribution is -2.19. The average molecular weight is 265 g/mol. The van der Waals surface area contributed by atoms with Gasteiger partial charge in [0.05, 0.1) is 11.1 Å². The van der Waals surface area contributed by atoms with Crippen molar-refractivity contribution in [1.29, 1.82) is 5.26 Å². The molecule has 1 aromatic carbocycles. The minimum absolute atomic E-state index is 0.390. The summed E-state index contributed by atoms with van der Waals surface area (Å²) in [6, 6.07) is 12.5. The highest BCUT2D eigenvalue weighted by Gasteiger charge is 2.31. The summed E-state index contributed by atoms with van der Waals surface area (Å²) in [6.07, 6.45) is 3.50. The van der Waals surface area contributed by atoms with Gasteiger partial charge in [-0.15, -0.1) is 0 Å². The molecule has 2 aromatic rings. The number of benzene rings is 1. The molecule has 3 nitrogen and oxygen atoms in total. The molecular formula is C17H19N3. The third-order valence-electron chi connectivity index (χ3n) is 4.15. The lowest BCUT2D eigenvalue weighted by Gasteiger charge is -2.18. The molecule has 102 valence electrons. The number of hydrogen-bond donors (Lipinski definition) is 1. The van der Waals surface area contributed by atoms with E-state index < -0.39 is 0 Å². The highest BCUT2D eigenvalue weighted by atomic mass is 15.0. The highest BCUT2D eigenvalue weighted by Crippen LogP contribution is 2.38. The number of rotatable bonds is 2. The lowest BCUT2D eigenvalue weighted by molar-refractivity contribution is 0.378. The van der Waals surface area contributed by atoms with Crippen molar-refractivity contribution in [2.24, 2.45) is 5.41 Å². The maximum absolute atomic E-state index is 9.32. The van der Waals surface area contributed by atoms with E-state index in [0.29, 0.717) is 17.0 Å². The molecule has 1 atom stereocenters. The Morgan fingerprint density at radius 3 is 2.85 bits per heavy atom. The van der Waals surface area contributed by atoms with Gasteiger partial charge in [-0.1, -0.05) is 32.0 Å². The van der Waals surface area contributed by atoms with Gasteiger partial charge in [0.1, 0.15) is 11.9 Å². The average Bonchev–Trinajstić information content (AvgIpc) is 2.77. The first-order valence-corrected chi connectivity index (χ1v) is 7.14. The third kappa shape index (κ3) is 2.46. The zero-order chi connectivity index (χ0) is 14.2. The van der Waals surface area contributed by atoms with Crippen LogP contribution in [0.3, 0.4) is 0 Å². The van der Waals surface area contributed by atoms with Crippen molar-refractivity contribution in [1.82, 2.24) is 4.98 Å². The summed E-state index contributed by atoms with van der Waals surface area (Å²) < 4.78 is 0. The van der Waals surface area contributed by atoms with Crippen LogP contribution in [-0.4, -0.2) is 11.0 Å². The number of para-hydroxylation sites is 1. The van der Waals surface area contributed by atoms with Gasteiger partial charge in [-0.05, 0) is 36.8 Å². The molecule has 0 saturated heterocycles. The molecule has 0 aliphatic heterocycles. The van der Waals surface area contributed by atoms with Crippen molar-refractivity contribution in [3.8, 4) is 6.07 Å². The van der Waals surface area contributed by atoms with Crippen LogP contribution < -0.4 is 5.32 Å². The standard InChI is InChI=1S/C17H19N3/c1-17(2)8-7-14(10-17)19-16-13(11-18)9-12-5-3-4-6-15(12)20-16/h3-6,9,14H,7-8,10H2,1-2H3,(H,19,20). The van der Waals surface area contributed by atoms with Crippen molar-refractivity contribution in [3.63, 3.8) is 0 Å². The van der Waals surface area contributed by atoms with E-state index in [-0.39, 0.29) is 0 Å². The van der Waals surface area contributed by atoms with Gasteiger partial charge in [-0.3, -0.25) is 0 Å². The van der Waals surface area contributed by atoms with Crippen LogP contribution >= 0.6 is 0 Å². The summed E-state index contributed by atoms with van der Waals surface area (Å²) in [5, 5.41) is 13.8. The summed E-state index contributed by atoms with van der Waals surface area (Å²) in [5.74, 6) is 0.730. The zero-order valence-electron chi connectivity index (χ0n) is 12.0. The van der Waals surface area contributed by atoms with Gasteiger partial charge in [0.15, 0.2) is 0 Å². The number of fused-ring (bicyclic) bond motifs is 1. The maximum Gasteiger partial charge on any atom is 0.144 e. The second-order valence-electron chi connectivity index (χ2n) is 6.44. The minimum Gasteiger partial charge on any atom is -0.366 e. The fourth-order valence-electron chi connectivity index (χ4n) is 3.06. The third-order valence-corrected chi connectivity index (χ3v) is 4.15. The van der Waals surface area contributed by atoms with Crippen LogP contribution in [0, 0.1) is 16.7 Å². The van der Waals surface area contributed by atoms with E-state index in [0.717, 1.165) is 29.6 Å². The van der Waals surface area contributed by atoms with Crippen LogP contribution in [0.4, 0.5) is 5.82 Å². The van der Waals surface area contributed by atoms with Crippen LogP contribution in [0.2, 0.25) is 0 Å². The van der Waals surface area contributed by atoms with E-state index in [2.05, 4.69) is 30.2 Å². The monoisotopic (exact) mass is 265 g/mol. The number of nitrogens with one attached hydrogen (secondary N) is 1. The first-order chi connectivity index (χ1) is 9.57. The van der Waals surface area contributed by atoms with Crippen molar-refractivity contribution < 1.29 is 0 Å². The first kappa shape index (κ1) is 12.9. The summed E-state index contributed by atoms with van der Waals surface area (Å²) in [6.45, 7) is 4.60. The number of nitrogens with zero attached hydrogens (tertiary/aromatic N) is 2. The molecule has 1 unspecified atom stereocenters. The SMILES string of the molecule is CC1(C)CCC(Nc2nc3ccccc3cc2C#N)C1. The molecule has 3 heteroatoms. The van der Waals surface area contributed by atoms with Gasteiger partial charge >= 0.3 is 0 Å². The number of aromatic nitrogens is 1. The largest absolute Gasteiger partial charge is 0.366 e. The van der Waals surface area contributed by atoms with Crippen molar-refractivity contribution in [2.45, 2.75) is 39.2 Å². The predicted molar refractivity (Wildman–Crippen MR) is 81.5 cm³/mol. The van der Waals surface area contributed by atoms with Gasteiger partial charge in [-0.25, -0.2) is 4.98 Å². The molecule has 0 spiro atoms. The van der Waals surface area contributed by atoms with E-state index in [1.807, 2.05) is 30.3 Å². The Morgan fingerprint density at radius 1 is 1.35 bits per heavy atom. The van der Waals surface area contributed by atoms with Gasteiger partial charge in [0.2, 0.25) is 0 Å². The van der Waals surface area contributed by atoms with E-state index in [1.54, 1.807) is 0 Å². The molecule has 1 heterocycles. The maximum atomic E-state index is 9.32. The Bertz CT molecular complexity index is 682. The van der Waals surface area contributed by atoms with Crippen molar-refractivity contribution >= 4 is 16.7 Å². The number of anilines is 1. The Balaban J connectivity index is 1.93. The predicted octanol–water partition coefficient (Wildman–Crippen LogP) is 4.10. The summed E-state index contributed by atoms with van der Waals surface area (Å²) in [5.41, 5.74) is 1.96. The van der Waals surface area contributed by atoms with E-state index in [9.17, 15) is 5.26 Å². The van der Waals surface area contributed by atoms with Crippen LogP contribution in [0.15, 0.2) is 30.3 Å². The second kappa shape index (κ2) is 4.79. The first-order valence-electron chi connectivity index (χ1n) is 7.14. The van der Waals surface area contributed by atoms with E-state index in [1.165, 1.54) is 6.42 Å². The highest BCUT2D eigenvalue weighted by molar-refractivity contribution is 5.82. The minimum atomic E-state index is 0.390. The lowest BCUT2D eigenvalue weighted by atomic mass is 9.92. The number of pyridine rings is 1. The summed E-state index contributed by atoms with van der Waals surface area (Å²) >= 11 is 0. The van der Waals surface area contributed by atoms with E-state index >= 15 is 0 Å². The molecule has 1 aliphatic rings. The molecule has 3 rings (SSSR count). The quantitative estimate of drug-likeness (QED) is 0.889. The number of hydrogen-bond acceptors (Lipinski definition) is 3. The Kier molecular flexibility index (Phi) is 3.10. The summed E-state index contributed by atoms with van der Waals surface area (Å²) in [7, 11) is 0. The molecule has 1 aliphatic carbocycles. The molecule has 0 amide bonds. The van der Waals surface area contributed by atoms with E-state index in [4.69, 9.17) is 0 Å². The van der Waals surface area contributed by atoms with Crippen LogP contribution in [0.25, 0.3) is 10.9 Å². The second-order valence-corrected chi connectivity index (χ2v) is 6.44. The van der Waals surface area contributed by atoms with Gasteiger partial charge in [0.25, 0.3) is 0 Å². The van der Waals surface area contributed by atoms with Gasteiger partial charge in [0, 0.05) is 11.4 Å². The molecular weight excluding hydrogens is 246 g/mol. The fraction of sp³-hybridized carbons (Fsp3) is 0.412. The smallest absolute Gasteiger partial charge is 0.144 e. The van der Waals surface area contributed by atoms with Crippen molar-refractivity contribution in [2.75, 3.05) is 5.32 Å². The molecule has 20 heavy (non-hydrogen) atoms. The normalized spacial score (nSPS) is 20.8. The van der Waals surface area contributed by atoms with Crippen LogP contribution in [0.1, 0.15) is 38.7 Å². The summed E-state index contributed by atoms with van der Waals surface area (Å²) in [4.78, 5) is 4.62. The van der Waals surface area contributed by atoms with Gasteiger partial charge in [-0.2, -0.15) is 5.26 Å². The molecule has 0 radical (unpaired) electrons. The Hall–Kier alpha value is -2.08. The fourth-order valence-corrected chi connectivity index (χ4v) is 3.06.